The normalized spacial score (nSPS) is 19.3. The number of halogens is 1. The van der Waals surface area contributed by atoms with Crippen LogP contribution >= 0.6 is 12.4 Å². The topological polar surface area (TPSA) is 65.0 Å². The number of piperazine rings is 1. The Morgan fingerprint density at radius 1 is 1.17 bits per heavy atom. The monoisotopic (exact) mass is 334 g/mol. The number of hydrogen-bond donors (Lipinski definition) is 1. The largest absolute Gasteiger partial charge is 0.339 e. The fourth-order valence-corrected chi connectivity index (χ4v) is 2.55. The van der Waals surface area contributed by atoms with Crippen LogP contribution in [0.3, 0.4) is 0 Å². The second-order valence-corrected chi connectivity index (χ2v) is 5.33. The molecule has 2 aliphatic heterocycles. The van der Waals surface area contributed by atoms with Gasteiger partial charge in [-0.05, 0) is 11.6 Å². The first-order chi connectivity index (χ1) is 10.6. The SMILES string of the molecule is CC(=O)N1CCN(C2=NC(=O)C(=Cc3ccccc3)N2)CC1.Cl. The van der Waals surface area contributed by atoms with Crippen LogP contribution in [-0.2, 0) is 9.59 Å². The molecule has 1 aromatic rings. The van der Waals surface area contributed by atoms with Crippen molar-refractivity contribution >= 4 is 36.3 Å². The van der Waals surface area contributed by atoms with Gasteiger partial charge < -0.3 is 15.1 Å². The Labute approximate surface area is 141 Å². The van der Waals surface area contributed by atoms with Gasteiger partial charge in [0.2, 0.25) is 11.9 Å². The van der Waals surface area contributed by atoms with Gasteiger partial charge in [0.05, 0.1) is 0 Å². The quantitative estimate of drug-likeness (QED) is 0.781. The van der Waals surface area contributed by atoms with Crippen LogP contribution in [0.15, 0.2) is 41.0 Å². The second-order valence-electron chi connectivity index (χ2n) is 5.33. The second kappa shape index (κ2) is 7.28. The fraction of sp³-hybridized carbons (Fsp3) is 0.312. The Morgan fingerprint density at radius 3 is 2.43 bits per heavy atom. The van der Waals surface area contributed by atoms with Crippen molar-refractivity contribution in [3.8, 4) is 0 Å². The Hall–Kier alpha value is -2.34. The summed E-state index contributed by atoms with van der Waals surface area (Å²) in [6.07, 6.45) is 1.80. The Kier molecular flexibility index (Phi) is 5.39. The van der Waals surface area contributed by atoms with E-state index < -0.39 is 0 Å². The van der Waals surface area contributed by atoms with E-state index >= 15 is 0 Å². The zero-order valence-electron chi connectivity index (χ0n) is 12.9. The van der Waals surface area contributed by atoms with E-state index in [0.29, 0.717) is 37.8 Å². The average Bonchev–Trinajstić information content (AvgIpc) is 2.89. The maximum atomic E-state index is 12.0. The molecule has 0 unspecified atom stereocenters. The number of aliphatic imine (C=N–C) groups is 1. The molecule has 0 aliphatic carbocycles. The highest BCUT2D eigenvalue weighted by Crippen LogP contribution is 2.12. The van der Waals surface area contributed by atoms with E-state index in [1.54, 1.807) is 17.9 Å². The first-order valence-corrected chi connectivity index (χ1v) is 7.31. The van der Waals surface area contributed by atoms with Crippen LogP contribution in [0, 0.1) is 0 Å². The van der Waals surface area contributed by atoms with Gasteiger partial charge in [0.25, 0.3) is 5.91 Å². The third-order valence-corrected chi connectivity index (χ3v) is 3.82. The predicted octanol–water partition coefficient (Wildman–Crippen LogP) is 1.10. The lowest BCUT2D eigenvalue weighted by Crippen LogP contribution is -2.52. The molecule has 0 bridgehead atoms. The van der Waals surface area contributed by atoms with Crippen LogP contribution in [0.4, 0.5) is 0 Å². The smallest absolute Gasteiger partial charge is 0.296 e. The first-order valence-electron chi connectivity index (χ1n) is 7.31. The minimum Gasteiger partial charge on any atom is -0.339 e. The van der Waals surface area contributed by atoms with Gasteiger partial charge in [-0.2, -0.15) is 4.99 Å². The van der Waals surface area contributed by atoms with Crippen molar-refractivity contribution in [3.63, 3.8) is 0 Å². The highest BCUT2D eigenvalue weighted by molar-refractivity contribution is 6.12. The molecule has 1 saturated heterocycles. The molecule has 122 valence electrons. The van der Waals surface area contributed by atoms with Gasteiger partial charge in [-0.1, -0.05) is 30.3 Å². The van der Waals surface area contributed by atoms with Gasteiger partial charge in [-0.25, -0.2) is 0 Å². The van der Waals surface area contributed by atoms with Gasteiger partial charge in [-0.15, -0.1) is 12.4 Å². The minimum atomic E-state index is -0.257. The van der Waals surface area contributed by atoms with Gasteiger partial charge in [0.1, 0.15) is 5.70 Å². The summed E-state index contributed by atoms with van der Waals surface area (Å²) in [7, 11) is 0. The van der Waals surface area contributed by atoms with Crippen molar-refractivity contribution in [2.45, 2.75) is 6.92 Å². The number of carbonyl (C=O) groups is 2. The Bertz CT molecular complexity index is 649. The number of guanidine groups is 1. The highest BCUT2D eigenvalue weighted by Gasteiger charge is 2.27. The number of nitrogens with one attached hydrogen (secondary N) is 1. The summed E-state index contributed by atoms with van der Waals surface area (Å²) < 4.78 is 0. The van der Waals surface area contributed by atoms with Crippen LogP contribution < -0.4 is 5.32 Å². The lowest BCUT2D eigenvalue weighted by Gasteiger charge is -2.34. The molecule has 1 N–H and O–H groups in total. The van der Waals surface area contributed by atoms with Crippen molar-refractivity contribution in [3.05, 3.63) is 41.6 Å². The van der Waals surface area contributed by atoms with Crippen molar-refractivity contribution in [2.24, 2.45) is 4.99 Å². The number of rotatable bonds is 1. The highest BCUT2D eigenvalue weighted by atomic mass is 35.5. The van der Waals surface area contributed by atoms with Crippen molar-refractivity contribution in [1.82, 2.24) is 15.1 Å². The van der Waals surface area contributed by atoms with E-state index in [2.05, 4.69) is 10.3 Å². The lowest BCUT2D eigenvalue weighted by atomic mass is 10.2. The van der Waals surface area contributed by atoms with Crippen LogP contribution in [0.2, 0.25) is 0 Å². The average molecular weight is 335 g/mol. The van der Waals surface area contributed by atoms with Crippen LogP contribution in [0.1, 0.15) is 12.5 Å². The Morgan fingerprint density at radius 2 is 1.83 bits per heavy atom. The van der Waals surface area contributed by atoms with E-state index in [0.717, 1.165) is 5.56 Å². The van der Waals surface area contributed by atoms with Crippen LogP contribution in [-0.4, -0.2) is 53.8 Å². The molecule has 0 saturated carbocycles. The van der Waals surface area contributed by atoms with Crippen LogP contribution in [0.5, 0.6) is 0 Å². The molecular formula is C16H19ClN4O2. The molecule has 1 fully saturated rings. The van der Waals surface area contributed by atoms with Crippen molar-refractivity contribution in [1.29, 1.82) is 0 Å². The summed E-state index contributed by atoms with van der Waals surface area (Å²) in [5.74, 6) is 0.407. The molecule has 0 radical (unpaired) electrons. The molecule has 0 atom stereocenters. The zero-order valence-corrected chi connectivity index (χ0v) is 13.7. The number of nitrogens with zero attached hydrogens (tertiary/aromatic N) is 3. The summed E-state index contributed by atoms with van der Waals surface area (Å²) in [5.41, 5.74) is 1.44. The fourth-order valence-electron chi connectivity index (χ4n) is 2.55. The molecule has 1 aromatic carbocycles. The van der Waals surface area contributed by atoms with E-state index in [1.807, 2.05) is 35.2 Å². The van der Waals surface area contributed by atoms with Crippen molar-refractivity contribution < 1.29 is 9.59 Å². The van der Waals surface area contributed by atoms with Gasteiger partial charge in [0, 0.05) is 33.1 Å². The van der Waals surface area contributed by atoms with Gasteiger partial charge >= 0.3 is 0 Å². The molecular weight excluding hydrogens is 316 g/mol. The summed E-state index contributed by atoms with van der Waals surface area (Å²) >= 11 is 0. The molecule has 2 amide bonds. The molecule has 2 aliphatic rings. The number of amides is 2. The molecule has 3 rings (SSSR count). The van der Waals surface area contributed by atoms with E-state index in [4.69, 9.17) is 0 Å². The third-order valence-electron chi connectivity index (χ3n) is 3.82. The molecule has 0 spiro atoms. The molecule has 6 nitrogen and oxygen atoms in total. The van der Waals surface area contributed by atoms with Gasteiger partial charge in [0.15, 0.2) is 0 Å². The summed E-state index contributed by atoms with van der Waals surface area (Å²) in [4.78, 5) is 31.2. The molecule has 0 aromatic heterocycles. The Balaban J connectivity index is 0.00000192. The number of hydrogen-bond acceptors (Lipinski definition) is 4. The van der Waals surface area contributed by atoms with Gasteiger partial charge in [-0.3, -0.25) is 9.59 Å². The third kappa shape index (κ3) is 3.90. The molecule has 2 heterocycles. The van der Waals surface area contributed by atoms with E-state index in [1.165, 1.54) is 0 Å². The predicted molar refractivity (Wildman–Crippen MR) is 91.1 cm³/mol. The molecule has 23 heavy (non-hydrogen) atoms. The summed E-state index contributed by atoms with van der Waals surface area (Å²) in [6.45, 7) is 4.24. The number of carbonyl (C=O) groups excluding carboxylic acids is 2. The number of benzene rings is 1. The van der Waals surface area contributed by atoms with Crippen LogP contribution in [0.25, 0.3) is 6.08 Å². The molecule has 7 heteroatoms. The van der Waals surface area contributed by atoms with Crippen molar-refractivity contribution in [2.75, 3.05) is 26.2 Å². The lowest BCUT2D eigenvalue weighted by molar-refractivity contribution is -0.130. The first kappa shape index (κ1) is 17.0. The maximum absolute atomic E-state index is 12.0. The summed E-state index contributed by atoms with van der Waals surface area (Å²) in [5, 5.41) is 3.09. The minimum absolute atomic E-state index is 0. The maximum Gasteiger partial charge on any atom is 0.296 e. The zero-order chi connectivity index (χ0) is 15.5. The standard InChI is InChI=1S/C16H18N4O2.ClH/c1-12(21)19-7-9-20(10-8-19)16-17-14(15(22)18-16)11-13-5-3-2-4-6-13;/h2-6,11H,7-10H2,1H3,(H,17,18,22);1H. The summed E-state index contributed by atoms with van der Waals surface area (Å²) in [6, 6.07) is 9.66. The van der Waals surface area contributed by atoms with E-state index in [9.17, 15) is 9.59 Å². The van der Waals surface area contributed by atoms with E-state index in [-0.39, 0.29) is 24.2 Å².